The third kappa shape index (κ3) is 1.73. The minimum atomic E-state index is 0.364. The summed E-state index contributed by atoms with van der Waals surface area (Å²) >= 11 is 0. The predicted molar refractivity (Wildman–Crippen MR) is 74.9 cm³/mol. The van der Waals surface area contributed by atoms with Crippen molar-refractivity contribution in [3.8, 4) is 0 Å². The first-order valence-corrected chi connectivity index (χ1v) is 7.20. The Morgan fingerprint density at radius 3 is 2.55 bits per heavy atom. The fourth-order valence-corrected chi connectivity index (χ4v) is 3.16. The van der Waals surface area contributed by atoms with E-state index in [0.717, 1.165) is 50.6 Å². The fraction of sp³-hybridized carbons (Fsp3) is 0.615. The topological polar surface area (TPSA) is 81.6 Å². The zero-order valence-electron chi connectivity index (χ0n) is 11.4. The second-order valence-electron chi connectivity index (χ2n) is 5.38. The third-order valence-corrected chi connectivity index (χ3v) is 4.18. The van der Waals surface area contributed by atoms with E-state index in [1.165, 1.54) is 24.0 Å². The average molecular weight is 274 g/mol. The van der Waals surface area contributed by atoms with E-state index in [1.54, 1.807) is 4.52 Å². The van der Waals surface area contributed by atoms with E-state index in [9.17, 15) is 0 Å². The second-order valence-corrected chi connectivity index (χ2v) is 5.38. The summed E-state index contributed by atoms with van der Waals surface area (Å²) < 4.78 is 7.13. The van der Waals surface area contributed by atoms with Crippen LogP contribution >= 0.6 is 0 Å². The van der Waals surface area contributed by atoms with Gasteiger partial charge in [-0.1, -0.05) is 0 Å². The highest BCUT2D eigenvalue weighted by Gasteiger charge is 2.25. The highest BCUT2D eigenvalue weighted by molar-refractivity contribution is 5.62. The van der Waals surface area contributed by atoms with Crippen LogP contribution in [-0.4, -0.2) is 46.1 Å². The standard InChI is InChI=1S/C13H18N6O/c14-13-16-15-11-9-3-1-2-4-10(9)12(17-19(11)13)18-5-7-20-8-6-18/h1-8H2,(H2,14,16). The molecule has 2 N–H and O–H groups in total. The molecule has 0 spiro atoms. The molecule has 20 heavy (non-hydrogen) atoms. The number of fused-ring (bicyclic) bond motifs is 3. The van der Waals surface area contributed by atoms with Gasteiger partial charge in [0, 0.05) is 24.2 Å². The molecule has 0 bridgehead atoms. The van der Waals surface area contributed by atoms with Gasteiger partial charge in [-0.2, -0.15) is 4.52 Å². The van der Waals surface area contributed by atoms with E-state index in [2.05, 4.69) is 15.1 Å². The van der Waals surface area contributed by atoms with Crippen molar-refractivity contribution in [1.82, 2.24) is 19.8 Å². The van der Waals surface area contributed by atoms with Gasteiger partial charge < -0.3 is 15.4 Å². The van der Waals surface area contributed by atoms with Gasteiger partial charge in [0.25, 0.3) is 0 Å². The maximum Gasteiger partial charge on any atom is 0.243 e. The Hall–Kier alpha value is -1.89. The van der Waals surface area contributed by atoms with Crippen LogP contribution in [0.15, 0.2) is 0 Å². The second kappa shape index (κ2) is 4.59. The van der Waals surface area contributed by atoms with E-state index in [4.69, 9.17) is 15.6 Å². The summed E-state index contributed by atoms with van der Waals surface area (Å²) in [4.78, 5) is 2.30. The molecule has 0 saturated carbocycles. The lowest BCUT2D eigenvalue weighted by molar-refractivity contribution is 0.122. The van der Waals surface area contributed by atoms with Crippen molar-refractivity contribution in [3.05, 3.63) is 11.1 Å². The van der Waals surface area contributed by atoms with Crippen LogP contribution in [0.3, 0.4) is 0 Å². The van der Waals surface area contributed by atoms with Crippen LogP contribution in [0.25, 0.3) is 5.65 Å². The monoisotopic (exact) mass is 274 g/mol. The number of nitrogens with two attached hydrogens (primary N) is 1. The summed E-state index contributed by atoms with van der Waals surface area (Å²) in [7, 11) is 0. The highest BCUT2D eigenvalue weighted by Crippen LogP contribution is 2.31. The lowest BCUT2D eigenvalue weighted by Crippen LogP contribution is -2.38. The lowest BCUT2D eigenvalue weighted by Gasteiger charge is -2.31. The first-order chi connectivity index (χ1) is 9.84. The van der Waals surface area contributed by atoms with Gasteiger partial charge in [-0.3, -0.25) is 0 Å². The van der Waals surface area contributed by atoms with E-state index >= 15 is 0 Å². The number of morpholine rings is 1. The number of hydrogen-bond acceptors (Lipinski definition) is 6. The summed E-state index contributed by atoms with van der Waals surface area (Å²) in [6.45, 7) is 3.28. The molecule has 2 aromatic rings. The van der Waals surface area contributed by atoms with Gasteiger partial charge in [0.2, 0.25) is 5.95 Å². The van der Waals surface area contributed by atoms with E-state index in [-0.39, 0.29) is 0 Å². The largest absolute Gasteiger partial charge is 0.378 e. The first kappa shape index (κ1) is 11.9. The van der Waals surface area contributed by atoms with Crippen LogP contribution in [0.2, 0.25) is 0 Å². The number of nitrogen functional groups attached to an aromatic ring is 1. The van der Waals surface area contributed by atoms with Crippen molar-refractivity contribution >= 4 is 17.4 Å². The maximum absolute atomic E-state index is 5.89. The molecule has 0 unspecified atom stereocenters. The van der Waals surface area contributed by atoms with Crippen LogP contribution in [0.4, 0.5) is 11.8 Å². The van der Waals surface area contributed by atoms with Crippen LogP contribution in [0, 0.1) is 0 Å². The minimum absolute atomic E-state index is 0.364. The summed E-state index contributed by atoms with van der Waals surface area (Å²) in [5, 5.41) is 12.9. The molecule has 0 atom stereocenters. The molecule has 0 aromatic carbocycles. The van der Waals surface area contributed by atoms with Crippen LogP contribution < -0.4 is 10.6 Å². The van der Waals surface area contributed by atoms with E-state index < -0.39 is 0 Å². The number of aromatic nitrogens is 4. The van der Waals surface area contributed by atoms with E-state index in [1.807, 2.05) is 0 Å². The molecule has 7 nitrogen and oxygen atoms in total. The molecular formula is C13H18N6O. The molecule has 1 aliphatic carbocycles. The Kier molecular flexibility index (Phi) is 2.73. The van der Waals surface area contributed by atoms with Gasteiger partial charge in [0.1, 0.15) is 0 Å². The molecule has 7 heteroatoms. The first-order valence-electron chi connectivity index (χ1n) is 7.20. The number of aryl methyl sites for hydroxylation is 1. The smallest absolute Gasteiger partial charge is 0.243 e. The van der Waals surface area contributed by atoms with Gasteiger partial charge in [0.05, 0.1) is 13.2 Å². The number of rotatable bonds is 1. The van der Waals surface area contributed by atoms with Crippen molar-refractivity contribution in [2.45, 2.75) is 25.7 Å². The molecule has 0 amide bonds. The molecule has 2 aromatic heterocycles. The Morgan fingerprint density at radius 2 is 1.75 bits per heavy atom. The van der Waals surface area contributed by atoms with Crippen LogP contribution in [0.5, 0.6) is 0 Å². The molecule has 2 aliphatic rings. The highest BCUT2D eigenvalue weighted by atomic mass is 16.5. The number of anilines is 2. The lowest BCUT2D eigenvalue weighted by atomic mass is 9.92. The average Bonchev–Trinajstić information content (AvgIpc) is 2.89. The van der Waals surface area contributed by atoms with Gasteiger partial charge >= 0.3 is 0 Å². The number of nitrogens with zero attached hydrogens (tertiary/aromatic N) is 5. The molecule has 0 radical (unpaired) electrons. The zero-order chi connectivity index (χ0) is 13.5. The minimum Gasteiger partial charge on any atom is -0.378 e. The van der Waals surface area contributed by atoms with Crippen molar-refractivity contribution in [2.75, 3.05) is 36.9 Å². The quantitative estimate of drug-likeness (QED) is 0.811. The molecular weight excluding hydrogens is 256 g/mol. The molecule has 4 rings (SSSR count). The van der Waals surface area contributed by atoms with Gasteiger partial charge in [-0.05, 0) is 25.7 Å². The number of ether oxygens (including phenoxy) is 1. The number of hydrogen-bond donors (Lipinski definition) is 1. The zero-order valence-corrected chi connectivity index (χ0v) is 11.4. The normalized spacial score (nSPS) is 19.3. The summed E-state index contributed by atoms with van der Waals surface area (Å²) in [5.41, 5.74) is 9.33. The van der Waals surface area contributed by atoms with E-state index in [0.29, 0.717) is 5.95 Å². The maximum atomic E-state index is 5.89. The molecule has 1 fully saturated rings. The summed E-state index contributed by atoms with van der Waals surface area (Å²) in [6, 6.07) is 0. The van der Waals surface area contributed by atoms with Gasteiger partial charge in [-0.25, -0.2) is 0 Å². The van der Waals surface area contributed by atoms with Crippen molar-refractivity contribution in [1.29, 1.82) is 0 Å². The Morgan fingerprint density at radius 1 is 1.00 bits per heavy atom. The predicted octanol–water partition coefficient (Wildman–Crippen LogP) is 0.422. The Labute approximate surface area is 116 Å². The van der Waals surface area contributed by atoms with Crippen molar-refractivity contribution in [2.24, 2.45) is 0 Å². The van der Waals surface area contributed by atoms with Crippen molar-refractivity contribution in [3.63, 3.8) is 0 Å². The molecule has 106 valence electrons. The SMILES string of the molecule is Nc1nnc2c3c(c(N4CCOCC4)nn12)CCCC3. The van der Waals surface area contributed by atoms with Crippen LogP contribution in [0.1, 0.15) is 24.0 Å². The summed E-state index contributed by atoms with van der Waals surface area (Å²) in [5.74, 6) is 1.41. The summed E-state index contributed by atoms with van der Waals surface area (Å²) in [6.07, 6.45) is 4.52. The van der Waals surface area contributed by atoms with Gasteiger partial charge in [0.15, 0.2) is 11.5 Å². The van der Waals surface area contributed by atoms with Crippen LogP contribution in [-0.2, 0) is 17.6 Å². The molecule has 3 heterocycles. The molecule has 1 aliphatic heterocycles. The fourth-order valence-electron chi connectivity index (χ4n) is 3.16. The van der Waals surface area contributed by atoms with Gasteiger partial charge in [-0.15, -0.1) is 15.3 Å². The molecule has 1 saturated heterocycles. The Balaban J connectivity index is 1.91. The van der Waals surface area contributed by atoms with Crippen molar-refractivity contribution < 1.29 is 4.74 Å². The Bertz CT molecular complexity index is 646. The third-order valence-electron chi connectivity index (χ3n) is 4.18.